The van der Waals surface area contributed by atoms with Crippen molar-refractivity contribution in [1.29, 1.82) is 0 Å². The minimum atomic E-state index is -1.75. The van der Waals surface area contributed by atoms with Gasteiger partial charge in [-0.25, -0.2) is 9.78 Å². The number of nitrogens with zero attached hydrogens (tertiary/aromatic N) is 3. The molecule has 33 heavy (non-hydrogen) atoms. The van der Waals surface area contributed by atoms with E-state index in [9.17, 15) is 24.5 Å². The average Bonchev–Trinajstić information content (AvgIpc) is 3.14. The fraction of sp³-hybridized carbons (Fsp3) is 0.273. The first-order chi connectivity index (χ1) is 15.7. The van der Waals surface area contributed by atoms with Crippen molar-refractivity contribution in [3.05, 3.63) is 66.4 Å². The lowest BCUT2D eigenvalue weighted by molar-refractivity contribution is -0.383. The number of esters is 2. The Hall–Kier alpha value is -3.79. The number of non-ortho nitro benzene ring substituents is 1. The van der Waals surface area contributed by atoms with Crippen LogP contribution >= 0.6 is 11.6 Å². The van der Waals surface area contributed by atoms with E-state index in [-0.39, 0.29) is 46.8 Å². The third-order valence-corrected chi connectivity index (χ3v) is 6.52. The molecular weight excluding hydrogens is 454 g/mol. The number of fused-ring (bicyclic) bond motifs is 5. The minimum absolute atomic E-state index is 0.0469. The van der Waals surface area contributed by atoms with Crippen molar-refractivity contribution in [1.82, 2.24) is 9.55 Å². The van der Waals surface area contributed by atoms with Gasteiger partial charge in [0.15, 0.2) is 0 Å². The van der Waals surface area contributed by atoms with Crippen molar-refractivity contribution in [2.45, 2.75) is 39.0 Å². The van der Waals surface area contributed by atoms with E-state index in [4.69, 9.17) is 21.1 Å². The molecule has 0 fully saturated rings. The molecule has 0 bridgehead atoms. The highest BCUT2D eigenvalue weighted by Gasteiger charge is 2.50. The van der Waals surface area contributed by atoms with Crippen molar-refractivity contribution >= 4 is 40.1 Å². The number of ether oxygens (including phenoxy) is 2. The SMILES string of the molecule is CC[C@@]1(OC(C)=O)C(=O)OCc2c1cc1n(c2=O)Cc2c-1nc1cccc([N+](=O)[O-])c1c2Cl. The van der Waals surface area contributed by atoms with E-state index in [0.717, 1.165) is 0 Å². The third kappa shape index (κ3) is 2.80. The van der Waals surface area contributed by atoms with Gasteiger partial charge in [0.2, 0.25) is 5.60 Å². The van der Waals surface area contributed by atoms with Crippen LogP contribution in [0.5, 0.6) is 0 Å². The van der Waals surface area contributed by atoms with Crippen LogP contribution in [0.2, 0.25) is 5.02 Å². The molecule has 0 aliphatic carbocycles. The standard InChI is InChI=1S/C22H16ClN3O7/c1-3-22(33-10(2)27)13-7-16-19-11(8-25(16)20(28)12(13)9-32-21(22)29)18(23)17-14(24-19)5-4-6-15(17)26(30)31/h4-7H,3,8-9H2,1-2H3/t22-/m0/s1. The van der Waals surface area contributed by atoms with Gasteiger partial charge in [-0.05, 0) is 18.6 Å². The van der Waals surface area contributed by atoms with Gasteiger partial charge in [-0.15, -0.1) is 0 Å². The van der Waals surface area contributed by atoms with Crippen LogP contribution in [0, 0.1) is 10.1 Å². The number of nitro benzene ring substituents is 1. The molecular formula is C22H16ClN3O7. The predicted octanol–water partition coefficient (Wildman–Crippen LogP) is 3.21. The summed E-state index contributed by atoms with van der Waals surface area (Å²) in [5, 5.41) is 11.8. The van der Waals surface area contributed by atoms with Crippen LogP contribution in [0.15, 0.2) is 29.1 Å². The largest absolute Gasteiger partial charge is 0.457 e. The monoisotopic (exact) mass is 469 g/mol. The van der Waals surface area contributed by atoms with Gasteiger partial charge >= 0.3 is 11.9 Å². The number of carbonyl (C=O) groups is 2. The molecule has 0 N–H and O–H groups in total. The van der Waals surface area contributed by atoms with E-state index < -0.39 is 28.0 Å². The lowest BCUT2D eigenvalue weighted by atomic mass is 9.85. The quantitative estimate of drug-likeness (QED) is 0.254. The second-order valence-corrected chi connectivity index (χ2v) is 8.22. The summed E-state index contributed by atoms with van der Waals surface area (Å²) in [5.74, 6) is -1.45. The molecule has 0 saturated heterocycles. The Morgan fingerprint density at radius 1 is 1.36 bits per heavy atom. The molecule has 1 atom stereocenters. The number of nitro groups is 1. The van der Waals surface area contributed by atoms with Crippen molar-refractivity contribution in [2.24, 2.45) is 0 Å². The Balaban J connectivity index is 1.82. The normalized spacial score (nSPS) is 18.3. The summed E-state index contributed by atoms with van der Waals surface area (Å²) in [4.78, 5) is 53.5. The highest BCUT2D eigenvalue weighted by Crippen LogP contribution is 2.44. The maximum atomic E-state index is 13.4. The highest BCUT2D eigenvalue weighted by atomic mass is 35.5. The Morgan fingerprint density at radius 3 is 2.79 bits per heavy atom. The number of rotatable bonds is 3. The van der Waals surface area contributed by atoms with E-state index in [1.54, 1.807) is 19.1 Å². The fourth-order valence-corrected chi connectivity index (χ4v) is 4.95. The molecule has 0 spiro atoms. The van der Waals surface area contributed by atoms with Gasteiger partial charge in [0.25, 0.3) is 11.2 Å². The van der Waals surface area contributed by atoms with Crippen molar-refractivity contribution in [3.8, 4) is 11.4 Å². The summed E-state index contributed by atoms with van der Waals surface area (Å²) < 4.78 is 12.1. The lowest BCUT2D eigenvalue weighted by Gasteiger charge is -2.35. The molecule has 0 saturated carbocycles. The molecule has 2 aliphatic rings. The lowest BCUT2D eigenvalue weighted by Crippen LogP contribution is -2.47. The van der Waals surface area contributed by atoms with Crippen molar-refractivity contribution in [3.63, 3.8) is 0 Å². The number of cyclic esters (lactones) is 1. The Labute approximate surface area is 190 Å². The Morgan fingerprint density at radius 2 is 2.12 bits per heavy atom. The van der Waals surface area contributed by atoms with Crippen LogP contribution in [-0.4, -0.2) is 26.4 Å². The van der Waals surface area contributed by atoms with Gasteiger partial charge < -0.3 is 14.0 Å². The van der Waals surface area contributed by atoms with Crippen molar-refractivity contribution < 1.29 is 24.0 Å². The molecule has 0 amide bonds. The van der Waals surface area contributed by atoms with Crippen LogP contribution in [0.4, 0.5) is 5.69 Å². The molecule has 5 rings (SSSR count). The number of hydrogen-bond donors (Lipinski definition) is 0. The number of pyridine rings is 2. The first-order valence-electron chi connectivity index (χ1n) is 10.1. The van der Waals surface area contributed by atoms with Gasteiger partial charge in [-0.3, -0.25) is 19.7 Å². The first kappa shape index (κ1) is 21.1. The molecule has 0 unspecified atom stereocenters. The van der Waals surface area contributed by atoms with Gasteiger partial charge in [0.05, 0.1) is 44.3 Å². The zero-order chi connectivity index (χ0) is 23.7. The molecule has 2 aliphatic heterocycles. The number of carbonyl (C=O) groups excluding carboxylic acids is 2. The van der Waals surface area contributed by atoms with E-state index in [0.29, 0.717) is 22.5 Å². The van der Waals surface area contributed by atoms with Gasteiger partial charge in [0, 0.05) is 24.1 Å². The second-order valence-electron chi connectivity index (χ2n) is 7.84. The van der Waals surface area contributed by atoms with Crippen LogP contribution in [0.3, 0.4) is 0 Å². The molecule has 10 nitrogen and oxygen atoms in total. The smallest absolute Gasteiger partial charge is 0.355 e. The van der Waals surface area contributed by atoms with Crippen LogP contribution < -0.4 is 5.56 Å². The van der Waals surface area contributed by atoms with E-state index in [1.807, 2.05) is 0 Å². The minimum Gasteiger partial charge on any atom is -0.457 e. The zero-order valence-electron chi connectivity index (χ0n) is 17.5. The second kappa shape index (κ2) is 7.11. The van der Waals surface area contributed by atoms with Gasteiger partial charge in [-0.2, -0.15) is 0 Å². The average molecular weight is 470 g/mol. The molecule has 0 radical (unpaired) electrons. The maximum absolute atomic E-state index is 13.4. The summed E-state index contributed by atoms with van der Waals surface area (Å²) in [5.41, 5.74) is -0.424. The number of hydrogen-bond acceptors (Lipinski definition) is 8. The highest BCUT2D eigenvalue weighted by molar-refractivity contribution is 6.37. The topological polar surface area (TPSA) is 131 Å². The number of halogens is 1. The maximum Gasteiger partial charge on any atom is 0.355 e. The van der Waals surface area contributed by atoms with E-state index >= 15 is 0 Å². The molecule has 1 aromatic carbocycles. The molecule has 3 aromatic rings. The number of benzene rings is 1. The Bertz CT molecular complexity index is 1480. The van der Waals surface area contributed by atoms with Crippen LogP contribution in [0.25, 0.3) is 22.3 Å². The van der Waals surface area contributed by atoms with Gasteiger partial charge in [0.1, 0.15) is 6.61 Å². The summed E-state index contributed by atoms with van der Waals surface area (Å²) >= 11 is 6.61. The third-order valence-electron chi connectivity index (χ3n) is 6.11. The predicted molar refractivity (Wildman–Crippen MR) is 116 cm³/mol. The summed E-state index contributed by atoms with van der Waals surface area (Å²) in [6, 6.07) is 6.04. The molecule has 11 heteroatoms. The van der Waals surface area contributed by atoms with Crippen molar-refractivity contribution in [2.75, 3.05) is 0 Å². The van der Waals surface area contributed by atoms with E-state index in [2.05, 4.69) is 4.98 Å². The van der Waals surface area contributed by atoms with E-state index in [1.165, 1.54) is 23.6 Å². The Kier molecular flexibility index (Phi) is 4.54. The summed E-state index contributed by atoms with van der Waals surface area (Å²) in [6.07, 6.45) is 0.0618. The number of aromatic nitrogens is 2. The summed E-state index contributed by atoms with van der Waals surface area (Å²) in [7, 11) is 0. The molecule has 168 valence electrons. The first-order valence-corrected chi connectivity index (χ1v) is 10.5. The zero-order valence-corrected chi connectivity index (χ0v) is 18.3. The molecule has 4 heterocycles. The van der Waals surface area contributed by atoms with Gasteiger partial charge in [-0.1, -0.05) is 24.6 Å². The van der Waals surface area contributed by atoms with Crippen LogP contribution in [0.1, 0.15) is 37.0 Å². The fourth-order valence-electron chi connectivity index (χ4n) is 4.61. The summed E-state index contributed by atoms with van der Waals surface area (Å²) in [6.45, 7) is 2.61. The molecule has 2 aromatic heterocycles. The van der Waals surface area contributed by atoms with Crippen LogP contribution in [-0.2, 0) is 37.8 Å².